The molecule has 0 radical (unpaired) electrons. The van der Waals surface area contributed by atoms with Crippen molar-refractivity contribution >= 4 is 11.9 Å². The molecule has 1 aliphatic carbocycles. The number of azide groups is 1. The van der Waals surface area contributed by atoms with Gasteiger partial charge in [-0.05, 0) is 49.9 Å². The van der Waals surface area contributed by atoms with E-state index in [9.17, 15) is 15.1 Å². The van der Waals surface area contributed by atoms with E-state index >= 15 is 0 Å². The molecule has 0 N–H and O–H groups in total. The summed E-state index contributed by atoms with van der Waals surface area (Å²) in [4.78, 5) is 29.7. The first-order valence-corrected chi connectivity index (χ1v) is 9.55. The van der Waals surface area contributed by atoms with Crippen LogP contribution in [0.1, 0.15) is 43.9 Å². The summed E-state index contributed by atoms with van der Waals surface area (Å²) in [5.74, 6) is -1.26. The Bertz CT molecular complexity index is 888. The van der Waals surface area contributed by atoms with Gasteiger partial charge in [-0.25, -0.2) is 0 Å². The van der Waals surface area contributed by atoms with Crippen molar-refractivity contribution in [3.63, 3.8) is 0 Å². The Balaban J connectivity index is 2.30. The van der Waals surface area contributed by atoms with Gasteiger partial charge in [0.05, 0.1) is 19.5 Å². The quantitative estimate of drug-likeness (QED) is 0.225. The van der Waals surface area contributed by atoms with Crippen molar-refractivity contribution in [3.05, 3.63) is 70.5 Å². The van der Waals surface area contributed by atoms with Gasteiger partial charge in [0.15, 0.2) is 5.41 Å². The highest BCUT2D eigenvalue weighted by molar-refractivity contribution is 6.03. The lowest BCUT2D eigenvalue weighted by Crippen LogP contribution is -2.53. The van der Waals surface area contributed by atoms with E-state index < -0.39 is 22.9 Å². The smallest absolute Gasteiger partial charge is 0.324 e. The Morgan fingerprint density at radius 3 is 2.28 bits per heavy atom. The second-order valence-electron chi connectivity index (χ2n) is 6.88. The largest absolute Gasteiger partial charge is 0.469 e. The summed E-state index contributed by atoms with van der Waals surface area (Å²) in [6.45, 7) is 3.47. The molecule has 2 atom stereocenters. The second kappa shape index (κ2) is 8.41. The van der Waals surface area contributed by atoms with Gasteiger partial charge in [-0.3, -0.25) is 9.59 Å². The van der Waals surface area contributed by atoms with E-state index in [4.69, 9.17) is 13.9 Å². The Morgan fingerprint density at radius 1 is 1.10 bits per heavy atom. The van der Waals surface area contributed by atoms with Crippen LogP contribution in [0, 0.1) is 5.41 Å². The molecular weight excluding hydrogens is 374 g/mol. The zero-order valence-corrected chi connectivity index (χ0v) is 16.4. The van der Waals surface area contributed by atoms with Gasteiger partial charge in [0, 0.05) is 10.8 Å². The monoisotopic (exact) mass is 397 g/mol. The number of esters is 2. The van der Waals surface area contributed by atoms with E-state index in [0.717, 1.165) is 0 Å². The molecular formula is C21H23N3O5. The molecule has 1 aromatic heterocycles. The van der Waals surface area contributed by atoms with Crippen molar-refractivity contribution in [1.82, 2.24) is 0 Å². The van der Waals surface area contributed by atoms with Crippen LogP contribution in [-0.2, 0) is 24.6 Å². The second-order valence-corrected chi connectivity index (χ2v) is 6.88. The van der Waals surface area contributed by atoms with Crippen molar-refractivity contribution in [2.45, 2.75) is 38.1 Å². The number of hydrogen-bond acceptors (Lipinski definition) is 6. The van der Waals surface area contributed by atoms with Crippen LogP contribution in [0.3, 0.4) is 0 Å². The molecule has 0 saturated heterocycles. The molecule has 0 aliphatic heterocycles. The Labute approximate surface area is 168 Å². The summed E-state index contributed by atoms with van der Waals surface area (Å²) >= 11 is 0. The van der Waals surface area contributed by atoms with Gasteiger partial charge in [-0.1, -0.05) is 35.4 Å². The topological polar surface area (TPSA) is 115 Å². The summed E-state index contributed by atoms with van der Waals surface area (Å²) in [5, 5.41) is 4.08. The number of carbonyl (C=O) groups excluding carboxylic acids is 2. The van der Waals surface area contributed by atoms with E-state index in [-0.39, 0.29) is 32.0 Å². The zero-order chi connectivity index (χ0) is 20.9. The summed E-state index contributed by atoms with van der Waals surface area (Å²) < 4.78 is 16.2. The summed E-state index contributed by atoms with van der Waals surface area (Å²) in [6.07, 6.45) is 1.78. The predicted octanol–water partition coefficient (Wildman–Crippen LogP) is 4.48. The van der Waals surface area contributed by atoms with Crippen molar-refractivity contribution in [2.24, 2.45) is 10.5 Å². The van der Waals surface area contributed by atoms with Gasteiger partial charge in [0.2, 0.25) is 0 Å². The molecule has 1 heterocycles. The van der Waals surface area contributed by atoms with Crippen LogP contribution in [0.25, 0.3) is 10.4 Å². The third-order valence-corrected chi connectivity index (χ3v) is 5.46. The molecule has 0 spiro atoms. The number of benzene rings is 1. The van der Waals surface area contributed by atoms with Crippen LogP contribution in [-0.4, -0.2) is 25.2 Å². The first-order chi connectivity index (χ1) is 14.1. The average molecular weight is 397 g/mol. The molecule has 1 saturated carbocycles. The zero-order valence-electron chi connectivity index (χ0n) is 16.4. The first kappa shape index (κ1) is 20.5. The van der Waals surface area contributed by atoms with Gasteiger partial charge in [0.1, 0.15) is 11.3 Å². The lowest BCUT2D eigenvalue weighted by molar-refractivity contribution is -0.176. The number of nitrogens with zero attached hydrogens (tertiary/aromatic N) is 3. The summed E-state index contributed by atoms with van der Waals surface area (Å²) in [5.41, 5.74) is 6.66. The van der Waals surface area contributed by atoms with Gasteiger partial charge >= 0.3 is 11.9 Å². The van der Waals surface area contributed by atoms with Crippen LogP contribution in [0.4, 0.5) is 0 Å². The van der Waals surface area contributed by atoms with Crippen LogP contribution < -0.4 is 0 Å². The van der Waals surface area contributed by atoms with Gasteiger partial charge < -0.3 is 13.9 Å². The maximum absolute atomic E-state index is 13.3. The fraction of sp³-hybridized carbons (Fsp3) is 0.429. The van der Waals surface area contributed by atoms with Gasteiger partial charge in [-0.2, -0.15) is 0 Å². The maximum Gasteiger partial charge on any atom is 0.324 e. The highest BCUT2D eigenvalue weighted by Gasteiger charge is 2.70. The SMILES string of the molecule is CCOC(=O)C1(C(=O)OCC)C[C@H](c2ccco2)C[C@@]1(N=[N+]=[N-])c1ccccc1. The van der Waals surface area contributed by atoms with Crippen molar-refractivity contribution in [3.8, 4) is 0 Å². The molecule has 0 amide bonds. The Kier molecular flexibility index (Phi) is 5.94. The van der Waals surface area contributed by atoms with Crippen molar-refractivity contribution in [2.75, 3.05) is 13.2 Å². The third kappa shape index (κ3) is 3.25. The lowest BCUT2D eigenvalue weighted by atomic mass is 9.68. The van der Waals surface area contributed by atoms with Crippen molar-refractivity contribution in [1.29, 1.82) is 0 Å². The molecule has 1 aromatic carbocycles. The first-order valence-electron chi connectivity index (χ1n) is 9.55. The minimum absolute atomic E-state index is 0.0477. The van der Waals surface area contributed by atoms with Crippen molar-refractivity contribution < 1.29 is 23.5 Å². The number of hydrogen-bond donors (Lipinski definition) is 0. The van der Waals surface area contributed by atoms with Gasteiger partial charge in [-0.15, -0.1) is 0 Å². The Hall–Kier alpha value is -3.25. The fourth-order valence-corrected chi connectivity index (χ4v) is 4.30. The van der Waals surface area contributed by atoms with E-state index in [1.807, 2.05) is 6.07 Å². The standard InChI is InChI=1S/C21H23N3O5/c1-3-27-18(25)20(19(26)28-4-2)13-15(17-11-8-12-29-17)14-21(20,23-24-22)16-9-6-5-7-10-16/h5-12,15H,3-4,13-14H2,1-2H3/t15-,21+/m0/s1. The van der Waals surface area contributed by atoms with Crippen LogP contribution in [0.15, 0.2) is 58.3 Å². The van der Waals surface area contributed by atoms with Crippen LogP contribution >= 0.6 is 0 Å². The van der Waals surface area contributed by atoms with Crippen LogP contribution in [0.2, 0.25) is 0 Å². The molecule has 8 nitrogen and oxygen atoms in total. The van der Waals surface area contributed by atoms with E-state index in [1.165, 1.54) is 6.26 Å². The predicted molar refractivity (Wildman–Crippen MR) is 104 cm³/mol. The average Bonchev–Trinajstić information content (AvgIpc) is 3.37. The Morgan fingerprint density at radius 2 is 1.76 bits per heavy atom. The molecule has 8 heteroatoms. The van der Waals surface area contributed by atoms with E-state index in [2.05, 4.69) is 10.0 Å². The fourth-order valence-electron chi connectivity index (χ4n) is 4.30. The van der Waals surface area contributed by atoms with E-state index in [1.54, 1.807) is 50.2 Å². The highest BCUT2D eigenvalue weighted by Crippen LogP contribution is 2.61. The number of ether oxygens (including phenoxy) is 2. The molecule has 1 aliphatic rings. The molecule has 29 heavy (non-hydrogen) atoms. The lowest BCUT2D eigenvalue weighted by Gasteiger charge is -2.38. The molecule has 0 bridgehead atoms. The minimum atomic E-state index is -1.83. The molecule has 152 valence electrons. The van der Waals surface area contributed by atoms with Crippen LogP contribution in [0.5, 0.6) is 0 Å². The number of carbonyl (C=O) groups is 2. The number of rotatable bonds is 7. The highest BCUT2D eigenvalue weighted by atomic mass is 16.6. The maximum atomic E-state index is 13.3. The molecule has 0 unspecified atom stereocenters. The molecule has 1 fully saturated rings. The molecule has 2 aromatic rings. The minimum Gasteiger partial charge on any atom is -0.469 e. The normalized spacial score (nSPS) is 22.5. The third-order valence-electron chi connectivity index (χ3n) is 5.46. The molecule has 3 rings (SSSR count). The summed E-state index contributed by atoms with van der Waals surface area (Å²) in [6, 6.07) is 12.3. The summed E-state index contributed by atoms with van der Waals surface area (Å²) in [7, 11) is 0. The van der Waals surface area contributed by atoms with E-state index in [0.29, 0.717) is 11.3 Å². The number of furan rings is 1. The van der Waals surface area contributed by atoms with Gasteiger partial charge in [0.25, 0.3) is 0 Å².